The van der Waals surface area contributed by atoms with Gasteiger partial charge in [0.15, 0.2) is 5.96 Å². The Morgan fingerprint density at radius 2 is 2.00 bits per heavy atom. The molecule has 0 radical (unpaired) electrons. The van der Waals surface area contributed by atoms with Crippen LogP contribution in [0.5, 0.6) is 11.5 Å². The number of guanidine groups is 1. The minimum absolute atomic E-state index is 0. The molecule has 0 aliphatic rings. The first-order valence-corrected chi connectivity index (χ1v) is 9.32. The average molecular weight is 538 g/mol. The third-order valence-electron chi connectivity index (χ3n) is 3.94. The third-order valence-corrected chi connectivity index (χ3v) is 3.94. The molecule has 0 saturated carbocycles. The van der Waals surface area contributed by atoms with Crippen molar-refractivity contribution in [1.82, 2.24) is 15.6 Å². The number of hydrogen-bond donors (Lipinski definition) is 2. The van der Waals surface area contributed by atoms with E-state index in [0.29, 0.717) is 36.3 Å². The van der Waals surface area contributed by atoms with Crippen LogP contribution < -0.4 is 20.1 Å². The number of nitrogens with zero attached hydrogens (tertiary/aromatic N) is 2. The smallest absolute Gasteiger partial charge is 0.387 e. The molecule has 0 unspecified atom stereocenters. The van der Waals surface area contributed by atoms with Crippen LogP contribution in [0.2, 0.25) is 0 Å². The highest BCUT2D eigenvalue weighted by molar-refractivity contribution is 14.0. The highest BCUT2D eigenvalue weighted by atomic mass is 127. The number of ether oxygens (including phenoxy) is 2. The summed E-state index contributed by atoms with van der Waals surface area (Å²) < 4.78 is 40.8. The predicted octanol–water partition coefficient (Wildman–Crippen LogP) is 4.46. The van der Waals surface area contributed by atoms with Gasteiger partial charge in [-0.3, -0.25) is 0 Å². The van der Waals surface area contributed by atoms with Gasteiger partial charge >= 0.3 is 6.61 Å². The second-order valence-electron chi connectivity index (χ2n) is 7.27. The highest BCUT2D eigenvalue weighted by Crippen LogP contribution is 2.26. The molecule has 2 rings (SSSR count). The van der Waals surface area contributed by atoms with Crippen LogP contribution in [0, 0.1) is 0 Å². The molecular weight excluding hydrogens is 509 g/mol. The van der Waals surface area contributed by atoms with E-state index < -0.39 is 6.61 Å². The summed E-state index contributed by atoms with van der Waals surface area (Å²) in [6, 6.07) is 4.62. The van der Waals surface area contributed by atoms with Crippen molar-refractivity contribution in [2.24, 2.45) is 4.99 Å². The molecule has 2 aromatic rings. The summed E-state index contributed by atoms with van der Waals surface area (Å²) in [5.74, 6) is 2.41. The van der Waals surface area contributed by atoms with E-state index in [-0.39, 0.29) is 41.7 Å². The number of oxazole rings is 1. The highest BCUT2D eigenvalue weighted by Gasteiger charge is 2.19. The van der Waals surface area contributed by atoms with Gasteiger partial charge in [-0.05, 0) is 25.1 Å². The van der Waals surface area contributed by atoms with Gasteiger partial charge in [0.25, 0.3) is 0 Å². The van der Waals surface area contributed by atoms with Crippen molar-refractivity contribution in [2.45, 2.75) is 52.8 Å². The molecule has 0 saturated heterocycles. The summed E-state index contributed by atoms with van der Waals surface area (Å²) in [5, 5.41) is 6.22. The van der Waals surface area contributed by atoms with E-state index in [1.54, 1.807) is 18.3 Å². The Balaban J connectivity index is 0.00000450. The molecule has 0 bridgehead atoms. The number of halogens is 3. The van der Waals surface area contributed by atoms with E-state index in [0.717, 1.165) is 5.76 Å². The first-order chi connectivity index (χ1) is 13.7. The van der Waals surface area contributed by atoms with E-state index in [2.05, 4.69) is 25.3 Å². The van der Waals surface area contributed by atoms with Crippen LogP contribution in [-0.4, -0.2) is 31.2 Å². The fraction of sp³-hybridized carbons (Fsp3) is 0.500. The largest absolute Gasteiger partial charge is 0.497 e. The molecule has 30 heavy (non-hydrogen) atoms. The van der Waals surface area contributed by atoms with Crippen LogP contribution in [0.1, 0.15) is 44.9 Å². The molecule has 1 aromatic carbocycles. The standard InChI is InChI=1S/C20H28F2N4O3.HI/c1-6-23-19(26-12-17-24-11-16(29-17)20(2,3)4)25-10-13-9-14(27-5)7-8-15(13)28-18(21)22;/h7-9,11,18H,6,10,12H2,1-5H3,(H2,23,25,26);1H. The van der Waals surface area contributed by atoms with E-state index in [1.807, 2.05) is 27.7 Å². The van der Waals surface area contributed by atoms with Crippen molar-refractivity contribution in [3.8, 4) is 11.5 Å². The van der Waals surface area contributed by atoms with Crippen LogP contribution >= 0.6 is 24.0 Å². The van der Waals surface area contributed by atoms with Gasteiger partial charge in [-0.25, -0.2) is 9.98 Å². The van der Waals surface area contributed by atoms with Gasteiger partial charge in [-0.15, -0.1) is 24.0 Å². The van der Waals surface area contributed by atoms with Gasteiger partial charge < -0.3 is 24.5 Å². The monoisotopic (exact) mass is 538 g/mol. The molecule has 0 amide bonds. The zero-order chi connectivity index (χ0) is 21.4. The molecule has 7 nitrogen and oxygen atoms in total. The normalized spacial score (nSPS) is 11.8. The SMILES string of the molecule is CCNC(=NCc1cc(OC)ccc1OC(F)F)NCc1ncc(C(C)(C)C)o1.I. The van der Waals surface area contributed by atoms with Crippen LogP contribution in [0.15, 0.2) is 33.8 Å². The van der Waals surface area contributed by atoms with Gasteiger partial charge in [0, 0.05) is 17.5 Å². The summed E-state index contributed by atoms with van der Waals surface area (Å²) >= 11 is 0. The van der Waals surface area contributed by atoms with Gasteiger partial charge in [0.05, 0.1) is 26.4 Å². The molecule has 0 spiro atoms. The number of benzene rings is 1. The molecule has 1 heterocycles. The Morgan fingerprint density at radius 1 is 1.27 bits per heavy atom. The van der Waals surface area contributed by atoms with Gasteiger partial charge in [0.1, 0.15) is 17.3 Å². The number of nitrogens with one attached hydrogen (secondary N) is 2. The van der Waals surface area contributed by atoms with Crippen molar-refractivity contribution < 1.29 is 22.7 Å². The molecular formula is C20H29F2IN4O3. The molecule has 1 aromatic heterocycles. The minimum atomic E-state index is -2.92. The van der Waals surface area contributed by atoms with E-state index in [4.69, 9.17) is 9.15 Å². The Hall–Kier alpha value is -2.11. The lowest BCUT2D eigenvalue weighted by Crippen LogP contribution is -2.36. The molecule has 0 aliphatic heterocycles. The lowest BCUT2D eigenvalue weighted by atomic mass is 9.94. The van der Waals surface area contributed by atoms with Crippen molar-refractivity contribution in [3.63, 3.8) is 0 Å². The van der Waals surface area contributed by atoms with Crippen LogP contribution in [-0.2, 0) is 18.5 Å². The number of alkyl halides is 2. The Bertz CT molecular complexity index is 823. The first kappa shape index (κ1) is 25.9. The Morgan fingerprint density at radius 3 is 2.57 bits per heavy atom. The topological polar surface area (TPSA) is 80.9 Å². The second-order valence-corrected chi connectivity index (χ2v) is 7.27. The summed E-state index contributed by atoms with van der Waals surface area (Å²) in [6.07, 6.45) is 1.71. The maximum atomic E-state index is 12.7. The van der Waals surface area contributed by atoms with Crippen molar-refractivity contribution in [2.75, 3.05) is 13.7 Å². The average Bonchev–Trinajstić information content (AvgIpc) is 3.14. The summed E-state index contributed by atoms with van der Waals surface area (Å²) in [7, 11) is 1.50. The molecule has 0 aliphatic carbocycles. The molecule has 2 N–H and O–H groups in total. The summed E-state index contributed by atoms with van der Waals surface area (Å²) in [5.41, 5.74) is 0.352. The lowest BCUT2D eigenvalue weighted by Gasteiger charge is -2.14. The van der Waals surface area contributed by atoms with Gasteiger partial charge in [-0.2, -0.15) is 8.78 Å². The third kappa shape index (κ3) is 7.96. The zero-order valence-corrected chi connectivity index (χ0v) is 20.1. The Kier molecular flexibility index (Phi) is 10.3. The number of hydrogen-bond acceptors (Lipinski definition) is 5. The van der Waals surface area contributed by atoms with E-state index >= 15 is 0 Å². The first-order valence-electron chi connectivity index (χ1n) is 9.32. The number of rotatable bonds is 8. The maximum Gasteiger partial charge on any atom is 0.387 e. The van der Waals surface area contributed by atoms with Crippen molar-refractivity contribution >= 4 is 29.9 Å². The van der Waals surface area contributed by atoms with Gasteiger partial charge in [0.2, 0.25) is 5.89 Å². The van der Waals surface area contributed by atoms with E-state index in [1.165, 1.54) is 13.2 Å². The number of aromatic nitrogens is 1. The second kappa shape index (κ2) is 11.9. The molecule has 168 valence electrons. The van der Waals surface area contributed by atoms with Crippen molar-refractivity contribution in [1.29, 1.82) is 0 Å². The Labute approximate surface area is 192 Å². The van der Waals surface area contributed by atoms with Crippen LogP contribution in [0.3, 0.4) is 0 Å². The molecule has 10 heteroatoms. The molecule has 0 atom stereocenters. The van der Waals surface area contributed by atoms with Gasteiger partial charge in [-0.1, -0.05) is 20.8 Å². The van der Waals surface area contributed by atoms with Crippen LogP contribution in [0.4, 0.5) is 8.78 Å². The predicted molar refractivity (Wildman–Crippen MR) is 122 cm³/mol. The fourth-order valence-corrected chi connectivity index (χ4v) is 2.42. The van der Waals surface area contributed by atoms with Crippen molar-refractivity contribution in [3.05, 3.63) is 41.6 Å². The van der Waals surface area contributed by atoms with Crippen LogP contribution in [0.25, 0.3) is 0 Å². The lowest BCUT2D eigenvalue weighted by molar-refractivity contribution is -0.0504. The number of aliphatic imine (C=N–C) groups is 1. The quantitative estimate of drug-likeness (QED) is 0.294. The number of methoxy groups -OCH3 is 1. The molecule has 0 fully saturated rings. The fourth-order valence-electron chi connectivity index (χ4n) is 2.42. The summed E-state index contributed by atoms with van der Waals surface area (Å²) in [6.45, 7) is 6.23. The maximum absolute atomic E-state index is 12.7. The zero-order valence-electron chi connectivity index (χ0n) is 17.8. The van der Waals surface area contributed by atoms with E-state index in [9.17, 15) is 8.78 Å². The summed E-state index contributed by atoms with van der Waals surface area (Å²) in [4.78, 5) is 8.71. The minimum Gasteiger partial charge on any atom is -0.497 e.